The normalized spacial score (nSPS) is 17.8. The molecule has 0 saturated carbocycles. The van der Waals surface area contributed by atoms with Crippen molar-refractivity contribution in [2.24, 2.45) is 5.92 Å². The van der Waals surface area contributed by atoms with Gasteiger partial charge in [-0.3, -0.25) is 0 Å². The van der Waals surface area contributed by atoms with Gasteiger partial charge in [0.25, 0.3) is 0 Å². The maximum Gasteiger partial charge on any atom is 0.194 e. The number of methoxy groups -OCH3 is 2. The maximum absolute atomic E-state index is 12.8. The molecule has 1 N–H and O–H groups in total. The monoisotopic (exact) mass is 384 g/mol. The molecule has 0 aliphatic carbocycles. The number of piperidine rings is 1. The second-order valence-electron chi connectivity index (χ2n) is 7.04. The lowest BCUT2D eigenvalue weighted by Crippen LogP contribution is -2.38. The molecule has 148 valence electrons. The molecule has 0 aromatic heterocycles. The van der Waals surface area contributed by atoms with Gasteiger partial charge in [-0.05, 0) is 70.4 Å². The molecule has 1 aliphatic rings. The van der Waals surface area contributed by atoms with Crippen LogP contribution in [0.1, 0.15) is 33.1 Å². The third-order valence-corrected chi connectivity index (χ3v) is 7.12. The molecule has 0 bridgehead atoms. The third-order valence-electron chi connectivity index (χ3n) is 5.11. The van der Waals surface area contributed by atoms with Crippen molar-refractivity contribution in [1.29, 1.82) is 0 Å². The molecular weight excluding hydrogens is 352 g/mol. The average molecular weight is 385 g/mol. The molecule has 1 aliphatic heterocycles. The molecule has 1 atom stereocenters. The van der Waals surface area contributed by atoms with E-state index in [2.05, 4.69) is 17.1 Å². The molecule has 0 radical (unpaired) electrons. The summed E-state index contributed by atoms with van der Waals surface area (Å²) in [6.07, 6.45) is 3.47. The zero-order valence-corrected chi connectivity index (χ0v) is 17.1. The Hall–Kier alpha value is -1.31. The highest BCUT2D eigenvalue weighted by molar-refractivity contribution is 7.92. The highest BCUT2D eigenvalue weighted by atomic mass is 32.2. The van der Waals surface area contributed by atoms with Gasteiger partial charge in [-0.2, -0.15) is 0 Å². The third kappa shape index (κ3) is 5.34. The summed E-state index contributed by atoms with van der Waals surface area (Å²) in [5.41, 5.74) is 0. The summed E-state index contributed by atoms with van der Waals surface area (Å²) in [5, 5.41) is 2.50. The summed E-state index contributed by atoms with van der Waals surface area (Å²) >= 11 is 0. The summed E-state index contributed by atoms with van der Waals surface area (Å²) in [5.74, 6) is 1.76. The Balaban J connectivity index is 1.86. The topological polar surface area (TPSA) is 67.9 Å². The molecule has 7 heteroatoms. The SMILES string of the molecule is COc1ccc(S(=O)(=O)C(C)NCCCN2CCC(C)CC2)cc1OC. The van der Waals surface area contributed by atoms with Crippen molar-refractivity contribution in [2.45, 2.75) is 43.4 Å². The van der Waals surface area contributed by atoms with Crippen LogP contribution in [0.4, 0.5) is 0 Å². The Kier molecular flexibility index (Phi) is 7.73. The number of nitrogens with one attached hydrogen (secondary N) is 1. The van der Waals surface area contributed by atoms with Gasteiger partial charge >= 0.3 is 0 Å². The van der Waals surface area contributed by atoms with E-state index in [4.69, 9.17) is 9.47 Å². The molecule has 1 saturated heterocycles. The summed E-state index contributed by atoms with van der Waals surface area (Å²) in [6.45, 7) is 8.00. The Morgan fingerprint density at radius 3 is 2.46 bits per heavy atom. The second-order valence-corrected chi connectivity index (χ2v) is 9.30. The molecule has 1 aromatic rings. The van der Waals surface area contributed by atoms with Crippen LogP contribution in [0, 0.1) is 5.92 Å². The Bertz CT molecular complexity index is 670. The lowest BCUT2D eigenvalue weighted by molar-refractivity contribution is 0.190. The lowest BCUT2D eigenvalue weighted by atomic mass is 9.99. The minimum atomic E-state index is -3.47. The molecular formula is C19H32N2O4S. The van der Waals surface area contributed by atoms with Crippen molar-refractivity contribution in [3.63, 3.8) is 0 Å². The van der Waals surface area contributed by atoms with E-state index in [-0.39, 0.29) is 4.90 Å². The molecule has 1 unspecified atom stereocenters. The van der Waals surface area contributed by atoms with Gasteiger partial charge in [0.2, 0.25) is 0 Å². The van der Waals surface area contributed by atoms with Crippen LogP contribution in [0.25, 0.3) is 0 Å². The molecule has 0 amide bonds. The van der Waals surface area contributed by atoms with E-state index in [1.54, 1.807) is 19.1 Å². The predicted octanol–water partition coefficient (Wildman–Crippen LogP) is 2.54. The number of sulfone groups is 1. The second kappa shape index (κ2) is 9.58. The van der Waals surface area contributed by atoms with Crippen LogP contribution in [-0.4, -0.2) is 59.1 Å². The predicted molar refractivity (Wildman–Crippen MR) is 104 cm³/mol. The van der Waals surface area contributed by atoms with E-state index in [9.17, 15) is 8.42 Å². The van der Waals surface area contributed by atoms with Crippen molar-refractivity contribution in [1.82, 2.24) is 10.2 Å². The number of hydrogen-bond acceptors (Lipinski definition) is 6. The Labute approximate surface area is 157 Å². The van der Waals surface area contributed by atoms with E-state index in [0.717, 1.165) is 32.0 Å². The van der Waals surface area contributed by atoms with Crippen LogP contribution < -0.4 is 14.8 Å². The highest BCUT2D eigenvalue weighted by Crippen LogP contribution is 2.30. The van der Waals surface area contributed by atoms with E-state index in [1.807, 2.05) is 0 Å². The quantitative estimate of drug-likeness (QED) is 0.660. The van der Waals surface area contributed by atoms with Crippen molar-refractivity contribution in [3.05, 3.63) is 18.2 Å². The number of benzene rings is 1. The van der Waals surface area contributed by atoms with Crippen molar-refractivity contribution in [3.8, 4) is 11.5 Å². The number of hydrogen-bond donors (Lipinski definition) is 1. The van der Waals surface area contributed by atoms with Crippen LogP contribution in [-0.2, 0) is 9.84 Å². The lowest BCUT2D eigenvalue weighted by Gasteiger charge is -2.30. The first-order chi connectivity index (χ1) is 12.4. The van der Waals surface area contributed by atoms with Gasteiger partial charge in [-0.15, -0.1) is 0 Å². The first-order valence-electron chi connectivity index (χ1n) is 9.30. The van der Waals surface area contributed by atoms with Gasteiger partial charge in [0.1, 0.15) is 5.37 Å². The number of likely N-dealkylation sites (tertiary alicyclic amines) is 1. The number of nitrogens with zero attached hydrogens (tertiary/aromatic N) is 1. The van der Waals surface area contributed by atoms with Gasteiger partial charge in [0.15, 0.2) is 21.3 Å². The zero-order chi connectivity index (χ0) is 19.2. The first-order valence-corrected chi connectivity index (χ1v) is 10.8. The fraction of sp³-hybridized carbons (Fsp3) is 0.684. The van der Waals surface area contributed by atoms with Crippen LogP contribution in [0.3, 0.4) is 0 Å². The summed E-state index contributed by atoms with van der Waals surface area (Å²) < 4.78 is 35.9. The smallest absolute Gasteiger partial charge is 0.194 e. The van der Waals surface area contributed by atoms with E-state index < -0.39 is 15.2 Å². The van der Waals surface area contributed by atoms with Gasteiger partial charge in [-0.1, -0.05) is 6.92 Å². The fourth-order valence-corrected chi connectivity index (χ4v) is 4.48. The Morgan fingerprint density at radius 1 is 1.19 bits per heavy atom. The van der Waals surface area contributed by atoms with Crippen LogP contribution in [0.5, 0.6) is 11.5 Å². The molecule has 26 heavy (non-hydrogen) atoms. The minimum absolute atomic E-state index is 0.236. The van der Waals surface area contributed by atoms with Crippen molar-refractivity contribution < 1.29 is 17.9 Å². The van der Waals surface area contributed by atoms with E-state index in [0.29, 0.717) is 18.0 Å². The minimum Gasteiger partial charge on any atom is -0.493 e. The first kappa shape index (κ1) is 21.0. The van der Waals surface area contributed by atoms with Crippen LogP contribution in [0.2, 0.25) is 0 Å². The molecule has 0 spiro atoms. The fourth-order valence-electron chi connectivity index (χ4n) is 3.20. The molecule has 1 aromatic carbocycles. The zero-order valence-electron chi connectivity index (χ0n) is 16.3. The van der Waals surface area contributed by atoms with E-state index >= 15 is 0 Å². The van der Waals surface area contributed by atoms with Gasteiger partial charge < -0.3 is 19.7 Å². The number of rotatable bonds is 9. The van der Waals surface area contributed by atoms with Crippen LogP contribution in [0.15, 0.2) is 23.1 Å². The highest BCUT2D eigenvalue weighted by Gasteiger charge is 2.24. The van der Waals surface area contributed by atoms with E-state index in [1.165, 1.54) is 33.1 Å². The summed E-state index contributed by atoms with van der Waals surface area (Å²) in [7, 11) is -0.445. The van der Waals surface area contributed by atoms with Crippen molar-refractivity contribution in [2.75, 3.05) is 40.4 Å². The standard InChI is InChI=1S/C19H32N2O4S/c1-15-8-12-21(13-9-15)11-5-10-20-16(2)26(22,23)17-6-7-18(24-3)19(14-17)25-4/h6-7,14-16,20H,5,8-13H2,1-4H3. The van der Waals surface area contributed by atoms with Crippen molar-refractivity contribution >= 4 is 9.84 Å². The molecule has 1 heterocycles. The molecule has 2 rings (SSSR count). The summed E-state index contributed by atoms with van der Waals surface area (Å²) in [4.78, 5) is 2.70. The largest absolute Gasteiger partial charge is 0.493 e. The maximum atomic E-state index is 12.8. The molecule has 6 nitrogen and oxygen atoms in total. The average Bonchev–Trinajstić information content (AvgIpc) is 2.65. The summed E-state index contributed by atoms with van der Waals surface area (Å²) in [6, 6.07) is 4.70. The number of ether oxygens (including phenoxy) is 2. The van der Waals surface area contributed by atoms with Crippen LogP contribution >= 0.6 is 0 Å². The van der Waals surface area contributed by atoms with Gasteiger partial charge in [-0.25, -0.2) is 8.42 Å². The molecule has 1 fully saturated rings. The van der Waals surface area contributed by atoms with Gasteiger partial charge in [0, 0.05) is 6.07 Å². The Morgan fingerprint density at radius 2 is 1.85 bits per heavy atom. The van der Waals surface area contributed by atoms with Gasteiger partial charge in [0.05, 0.1) is 19.1 Å².